The lowest BCUT2D eigenvalue weighted by atomic mass is 10.1. The standard InChI is InChI=1S/C25H23N3O7S2/c1-4-32-24(29)20-14(2)21(25(30)33-8-7-31-3)37-23(20)27-11-16(10-26)22-28-17(12-36-22)15-5-6-18-19(9-15)35-13-34-18/h5-6,9,11-12,27H,4,7-8,13H2,1-3H3. The van der Waals surface area contributed by atoms with Crippen molar-refractivity contribution in [2.45, 2.75) is 13.8 Å². The summed E-state index contributed by atoms with van der Waals surface area (Å²) in [6.07, 6.45) is 1.45. The molecular formula is C25H23N3O7S2. The van der Waals surface area contributed by atoms with Gasteiger partial charge in [0, 0.05) is 24.3 Å². The van der Waals surface area contributed by atoms with E-state index in [0.29, 0.717) is 32.8 Å². The third kappa shape index (κ3) is 5.75. The van der Waals surface area contributed by atoms with E-state index < -0.39 is 11.9 Å². The normalized spacial score (nSPS) is 12.2. The zero-order valence-electron chi connectivity index (χ0n) is 20.3. The van der Waals surface area contributed by atoms with E-state index in [0.717, 1.165) is 16.9 Å². The summed E-state index contributed by atoms with van der Waals surface area (Å²) in [5.41, 5.74) is 2.40. The van der Waals surface area contributed by atoms with Crippen LogP contribution in [0, 0.1) is 18.3 Å². The Hall–Kier alpha value is -3.92. The van der Waals surface area contributed by atoms with Gasteiger partial charge in [-0.2, -0.15) is 5.26 Å². The van der Waals surface area contributed by atoms with E-state index >= 15 is 0 Å². The fourth-order valence-corrected chi connectivity index (χ4v) is 5.26. The molecule has 0 aliphatic carbocycles. The van der Waals surface area contributed by atoms with Crippen molar-refractivity contribution in [2.24, 2.45) is 0 Å². The summed E-state index contributed by atoms with van der Waals surface area (Å²) in [6, 6.07) is 7.65. The molecule has 0 amide bonds. The molecule has 0 radical (unpaired) electrons. The molecule has 3 heterocycles. The molecule has 0 fully saturated rings. The van der Waals surface area contributed by atoms with E-state index in [4.69, 9.17) is 23.7 Å². The van der Waals surface area contributed by atoms with Crippen molar-refractivity contribution in [3.8, 4) is 28.8 Å². The van der Waals surface area contributed by atoms with Gasteiger partial charge in [-0.05, 0) is 37.6 Å². The summed E-state index contributed by atoms with van der Waals surface area (Å²) in [7, 11) is 1.50. The van der Waals surface area contributed by atoms with Crippen molar-refractivity contribution in [1.82, 2.24) is 4.98 Å². The first-order valence-electron chi connectivity index (χ1n) is 11.2. The third-order valence-electron chi connectivity index (χ3n) is 5.20. The second-order valence-electron chi connectivity index (χ2n) is 7.53. The number of allylic oxidation sites excluding steroid dienone is 1. The van der Waals surface area contributed by atoms with Gasteiger partial charge in [0.05, 0.1) is 24.5 Å². The summed E-state index contributed by atoms with van der Waals surface area (Å²) >= 11 is 2.34. The molecule has 37 heavy (non-hydrogen) atoms. The van der Waals surface area contributed by atoms with Gasteiger partial charge in [-0.1, -0.05) is 0 Å². The fourth-order valence-electron chi connectivity index (χ4n) is 3.41. The minimum atomic E-state index is -0.582. The highest BCUT2D eigenvalue weighted by atomic mass is 32.1. The number of ether oxygens (including phenoxy) is 5. The predicted molar refractivity (Wildman–Crippen MR) is 138 cm³/mol. The van der Waals surface area contributed by atoms with Crippen LogP contribution in [0.3, 0.4) is 0 Å². The predicted octanol–water partition coefficient (Wildman–Crippen LogP) is 4.87. The summed E-state index contributed by atoms with van der Waals surface area (Å²) in [5, 5.41) is 15.5. The topological polar surface area (TPSA) is 129 Å². The molecular weight excluding hydrogens is 518 g/mol. The van der Waals surface area contributed by atoms with E-state index in [1.165, 1.54) is 24.6 Å². The molecule has 2 aromatic heterocycles. The highest BCUT2D eigenvalue weighted by Crippen LogP contribution is 2.37. The van der Waals surface area contributed by atoms with Crippen molar-refractivity contribution in [3.63, 3.8) is 0 Å². The molecule has 12 heteroatoms. The summed E-state index contributed by atoms with van der Waals surface area (Å²) in [4.78, 5) is 30.1. The number of esters is 2. The lowest BCUT2D eigenvalue weighted by Crippen LogP contribution is -2.11. The minimum Gasteiger partial charge on any atom is -0.462 e. The van der Waals surface area contributed by atoms with Crippen LogP contribution in [0.2, 0.25) is 0 Å². The van der Waals surface area contributed by atoms with Crippen LogP contribution in [0.1, 0.15) is 37.5 Å². The van der Waals surface area contributed by atoms with Gasteiger partial charge in [-0.3, -0.25) is 0 Å². The van der Waals surface area contributed by atoms with E-state index in [1.807, 2.05) is 23.6 Å². The Labute approximate surface area is 221 Å². The van der Waals surface area contributed by atoms with Gasteiger partial charge in [0.1, 0.15) is 33.1 Å². The molecule has 0 unspecified atom stereocenters. The Balaban J connectivity index is 1.59. The molecule has 10 nitrogen and oxygen atoms in total. The van der Waals surface area contributed by atoms with E-state index in [1.54, 1.807) is 13.8 Å². The van der Waals surface area contributed by atoms with Crippen LogP contribution in [0.25, 0.3) is 16.8 Å². The number of nitriles is 1. The van der Waals surface area contributed by atoms with Crippen molar-refractivity contribution < 1.29 is 33.3 Å². The smallest absolute Gasteiger partial charge is 0.348 e. The molecule has 1 N–H and O–H groups in total. The number of fused-ring (bicyclic) bond motifs is 1. The maximum Gasteiger partial charge on any atom is 0.348 e. The molecule has 1 aliphatic heterocycles. The number of rotatable bonds is 10. The Morgan fingerprint density at radius 3 is 2.78 bits per heavy atom. The number of methoxy groups -OCH3 is 1. The van der Waals surface area contributed by atoms with E-state index in [-0.39, 0.29) is 42.6 Å². The van der Waals surface area contributed by atoms with Gasteiger partial charge in [-0.15, -0.1) is 22.7 Å². The zero-order chi connectivity index (χ0) is 26.4. The van der Waals surface area contributed by atoms with Crippen LogP contribution in [-0.2, 0) is 14.2 Å². The van der Waals surface area contributed by atoms with Gasteiger partial charge in [-0.25, -0.2) is 14.6 Å². The van der Waals surface area contributed by atoms with Crippen LogP contribution in [0.4, 0.5) is 5.00 Å². The van der Waals surface area contributed by atoms with Crippen molar-refractivity contribution in [3.05, 3.63) is 50.8 Å². The van der Waals surface area contributed by atoms with Crippen LogP contribution in [0.5, 0.6) is 11.5 Å². The molecule has 0 saturated heterocycles. The number of thiophene rings is 1. The summed E-state index contributed by atoms with van der Waals surface area (Å²) in [5.74, 6) is 0.157. The minimum absolute atomic E-state index is 0.0818. The van der Waals surface area contributed by atoms with Gasteiger partial charge in [0.15, 0.2) is 11.5 Å². The average molecular weight is 542 g/mol. The molecule has 192 valence electrons. The Bertz CT molecular complexity index is 1390. The van der Waals surface area contributed by atoms with Gasteiger partial charge in [0.25, 0.3) is 0 Å². The largest absolute Gasteiger partial charge is 0.462 e. The number of hydrogen-bond donors (Lipinski definition) is 1. The number of carbonyl (C=O) groups is 2. The number of hydrogen-bond acceptors (Lipinski definition) is 12. The average Bonchev–Trinajstić information content (AvgIpc) is 3.63. The lowest BCUT2D eigenvalue weighted by molar-refractivity contribution is 0.0392. The number of anilines is 1. The lowest BCUT2D eigenvalue weighted by Gasteiger charge is -2.05. The maximum atomic E-state index is 12.7. The van der Waals surface area contributed by atoms with Crippen molar-refractivity contribution in [1.29, 1.82) is 5.26 Å². The number of aromatic nitrogens is 1. The second-order valence-corrected chi connectivity index (χ2v) is 9.41. The zero-order valence-corrected chi connectivity index (χ0v) is 21.9. The SMILES string of the molecule is CCOC(=O)c1c(NC=C(C#N)c2nc(-c3ccc4c(c3)OCO4)cs2)sc(C(=O)OCCOC)c1C. The second kappa shape index (κ2) is 11.9. The molecule has 0 bridgehead atoms. The first-order valence-corrected chi connectivity index (χ1v) is 12.9. The molecule has 4 rings (SSSR count). The summed E-state index contributed by atoms with van der Waals surface area (Å²) < 4.78 is 26.1. The molecule has 0 saturated carbocycles. The Morgan fingerprint density at radius 1 is 1.22 bits per heavy atom. The molecule has 3 aromatic rings. The van der Waals surface area contributed by atoms with Crippen LogP contribution in [-0.4, -0.2) is 50.6 Å². The first-order chi connectivity index (χ1) is 18.0. The van der Waals surface area contributed by atoms with Crippen LogP contribution >= 0.6 is 22.7 Å². The Kier molecular flexibility index (Phi) is 8.39. The fraction of sp³-hybridized carbons (Fsp3) is 0.280. The van der Waals surface area contributed by atoms with Crippen molar-refractivity contribution in [2.75, 3.05) is 39.0 Å². The number of nitrogens with zero attached hydrogens (tertiary/aromatic N) is 2. The highest BCUT2D eigenvalue weighted by molar-refractivity contribution is 7.18. The first kappa shape index (κ1) is 26.2. The van der Waals surface area contributed by atoms with E-state index in [9.17, 15) is 14.9 Å². The highest BCUT2D eigenvalue weighted by Gasteiger charge is 2.26. The van der Waals surface area contributed by atoms with Gasteiger partial charge < -0.3 is 29.0 Å². The molecule has 1 aliphatic rings. The number of benzene rings is 1. The van der Waals surface area contributed by atoms with Crippen molar-refractivity contribution >= 4 is 45.2 Å². The third-order valence-corrected chi connectivity index (χ3v) is 7.28. The number of carbonyl (C=O) groups excluding carboxylic acids is 2. The van der Waals surface area contributed by atoms with Gasteiger partial charge in [0.2, 0.25) is 6.79 Å². The van der Waals surface area contributed by atoms with Gasteiger partial charge >= 0.3 is 11.9 Å². The number of nitrogens with one attached hydrogen (secondary N) is 1. The van der Waals surface area contributed by atoms with Crippen LogP contribution < -0.4 is 14.8 Å². The monoisotopic (exact) mass is 541 g/mol. The molecule has 0 atom stereocenters. The Morgan fingerprint density at radius 2 is 2.03 bits per heavy atom. The van der Waals surface area contributed by atoms with E-state index in [2.05, 4.69) is 16.4 Å². The number of thiazole rings is 1. The maximum absolute atomic E-state index is 12.7. The molecule has 1 aromatic carbocycles. The quantitative estimate of drug-likeness (QED) is 0.216. The molecule has 0 spiro atoms. The van der Waals surface area contributed by atoms with Crippen LogP contribution in [0.15, 0.2) is 29.8 Å². The summed E-state index contributed by atoms with van der Waals surface area (Å²) in [6.45, 7) is 4.02.